The summed E-state index contributed by atoms with van der Waals surface area (Å²) in [5, 5.41) is 4.04. The van der Waals surface area contributed by atoms with Crippen LogP contribution in [0.3, 0.4) is 0 Å². The minimum absolute atomic E-state index is 0.112. The minimum Gasteiger partial charge on any atom is -0.368 e. The molecule has 0 aliphatic rings. The van der Waals surface area contributed by atoms with Gasteiger partial charge >= 0.3 is 0 Å². The molecule has 1 aromatic heterocycles. The van der Waals surface area contributed by atoms with E-state index in [1.807, 2.05) is 0 Å². The molecule has 0 saturated carbocycles. The normalized spacial score (nSPS) is 10.4. The highest BCUT2D eigenvalue weighted by molar-refractivity contribution is 9.10. The lowest BCUT2D eigenvalue weighted by Crippen LogP contribution is -2.00. The Morgan fingerprint density at radius 1 is 1.17 bits per heavy atom. The zero-order valence-electron chi connectivity index (χ0n) is 8.72. The Kier molecular flexibility index (Phi) is 4.17. The molecule has 3 N–H and O–H groups in total. The van der Waals surface area contributed by atoms with Crippen molar-refractivity contribution in [1.82, 2.24) is 9.97 Å². The molecule has 0 saturated heterocycles. The number of rotatable bonds is 2. The van der Waals surface area contributed by atoms with Crippen LogP contribution < -0.4 is 11.1 Å². The molecule has 0 fully saturated rings. The molecule has 1 heterocycles. The number of anilines is 3. The van der Waals surface area contributed by atoms with Crippen LogP contribution in [0.4, 0.5) is 17.5 Å². The molecule has 2 rings (SSSR count). The topological polar surface area (TPSA) is 63.8 Å². The molecule has 0 bridgehead atoms. The molecule has 1 aromatic carbocycles. The number of hydrogen-bond acceptors (Lipinski definition) is 4. The first-order chi connectivity index (χ1) is 8.49. The van der Waals surface area contributed by atoms with Gasteiger partial charge < -0.3 is 11.1 Å². The van der Waals surface area contributed by atoms with Crippen LogP contribution in [-0.4, -0.2) is 9.97 Å². The Bertz CT molecular complexity index is 606. The molecule has 0 atom stereocenters. The molecule has 0 aliphatic carbocycles. The van der Waals surface area contributed by atoms with Gasteiger partial charge in [-0.1, -0.05) is 34.8 Å². The largest absolute Gasteiger partial charge is 0.368 e. The van der Waals surface area contributed by atoms with Crippen LogP contribution >= 0.6 is 50.7 Å². The van der Waals surface area contributed by atoms with E-state index in [0.717, 1.165) is 0 Å². The second-order valence-electron chi connectivity index (χ2n) is 3.27. The van der Waals surface area contributed by atoms with E-state index in [4.69, 9.17) is 40.5 Å². The summed E-state index contributed by atoms with van der Waals surface area (Å²) in [4.78, 5) is 7.73. The zero-order chi connectivity index (χ0) is 13.3. The summed E-state index contributed by atoms with van der Waals surface area (Å²) in [6.07, 6.45) is 1.40. The highest BCUT2D eigenvalue weighted by Gasteiger charge is 2.11. The van der Waals surface area contributed by atoms with Gasteiger partial charge in [-0.3, -0.25) is 0 Å². The molecule has 2 aromatic rings. The summed E-state index contributed by atoms with van der Waals surface area (Å²) in [5.74, 6) is 0.477. The SMILES string of the molecule is Nc1ncc(Cl)c(Nc2ccc(Br)c(Cl)c2Cl)n1. The van der Waals surface area contributed by atoms with Crippen molar-refractivity contribution in [1.29, 1.82) is 0 Å². The predicted octanol–water partition coefficient (Wildman–Crippen LogP) is 4.53. The fourth-order valence-electron chi connectivity index (χ4n) is 1.22. The maximum absolute atomic E-state index is 6.10. The number of halogens is 4. The van der Waals surface area contributed by atoms with Crippen molar-refractivity contribution in [2.45, 2.75) is 0 Å². The maximum atomic E-state index is 6.10. The van der Waals surface area contributed by atoms with Crippen molar-refractivity contribution in [2.24, 2.45) is 0 Å². The van der Waals surface area contributed by atoms with Crippen LogP contribution in [0.25, 0.3) is 0 Å². The number of nitrogens with zero attached hydrogens (tertiary/aromatic N) is 2. The molecule has 94 valence electrons. The van der Waals surface area contributed by atoms with Gasteiger partial charge in [0.05, 0.1) is 21.9 Å². The van der Waals surface area contributed by atoms with Gasteiger partial charge in [-0.25, -0.2) is 4.98 Å². The highest BCUT2D eigenvalue weighted by Crippen LogP contribution is 2.37. The second-order valence-corrected chi connectivity index (χ2v) is 5.29. The third-order valence-electron chi connectivity index (χ3n) is 2.05. The average Bonchev–Trinajstić information content (AvgIpc) is 2.34. The maximum Gasteiger partial charge on any atom is 0.222 e. The third-order valence-corrected chi connectivity index (χ3v) is 4.10. The summed E-state index contributed by atoms with van der Waals surface area (Å²) >= 11 is 21.3. The van der Waals surface area contributed by atoms with Gasteiger partial charge in [0, 0.05) is 4.47 Å². The first-order valence-corrected chi connectivity index (χ1v) is 6.60. The monoisotopic (exact) mass is 366 g/mol. The lowest BCUT2D eigenvalue weighted by Gasteiger charge is -2.10. The molecular weight excluding hydrogens is 362 g/mol. The van der Waals surface area contributed by atoms with Crippen LogP contribution in [0.5, 0.6) is 0 Å². The Morgan fingerprint density at radius 2 is 1.89 bits per heavy atom. The highest BCUT2D eigenvalue weighted by atomic mass is 79.9. The van der Waals surface area contributed by atoms with Crippen molar-refractivity contribution < 1.29 is 0 Å². The van der Waals surface area contributed by atoms with Gasteiger partial charge in [0.15, 0.2) is 5.82 Å². The molecule has 18 heavy (non-hydrogen) atoms. The smallest absolute Gasteiger partial charge is 0.222 e. The van der Waals surface area contributed by atoms with E-state index in [2.05, 4.69) is 31.2 Å². The quantitative estimate of drug-likeness (QED) is 0.765. The molecular formula is C10H6BrCl3N4. The molecule has 0 aliphatic heterocycles. The van der Waals surface area contributed by atoms with Crippen LogP contribution in [-0.2, 0) is 0 Å². The number of nitrogens with one attached hydrogen (secondary N) is 1. The number of nitrogens with two attached hydrogens (primary N) is 1. The Balaban J connectivity index is 2.40. The Morgan fingerprint density at radius 3 is 2.61 bits per heavy atom. The van der Waals surface area contributed by atoms with Crippen LogP contribution in [0, 0.1) is 0 Å². The van der Waals surface area contributed by atoms with Gasteiger partial charge in [0.2, 0.25) is 5.95 Å². The van der Waals surface area contributed by atoms with E-state index in [9.17, 15) is 0 Å². The van der Waals surface area contributed by atoms with Gasteiger partial charge in [-0.2, -0.15) is 4.98 Å². The van der Waals surface area contributed by atoms with Crippen molar-refractivity contribution in [3.05, 3.63) is 37.9 Å². The van der Waals surface area contributed by atoms with Crippen molar-refractivity contribution >= 4 is 68.2 Å². The van der Waals surface area contributed by atoms with Crippen LogP contribution in [0.1, 0.15) is 0 Å². The average molecular weight is 368 g/mol. The fraction of sp³-hybridized carbons (Fsp3) is 0. The van der Waals surface area contributed by atoms with E-state index in [-0.39, 0.29) is 5.95 Å². The molecule has 4 nitrogen and oxygen atoms in total. The fourth-order valence-corrected chi connectivity index (χ4v) is 2.18. The summed E-state index contributed by atoms with van der Waals surface area (Å²) in [7, 11) is 0. The van der Waals surface area contributed by atoms with Gasteiger partial charge in [0.25, 0.3) is 0 Å². The summed E-state index contributed by atoms with van der Waals surface area (Å²) in [6, 6.07) is 3.50. The summed E-state index contributed by atoms with van der Waals surface area (Å²) in [5.41, 5.74) is 6.06. The van der Waals surface area contributed by atoms with Crippen LogP contribution in [0.15, 0.2) is 22.8 Å². The number of benzene rings is 1. The first-order valence-electron chi connectivity index (χ1n) is 4.67. The van der Waals surface area contributed by atoms with Gasteiger partial charge in [-0.15, -0.1) is 0 Å². The second kappa shape index (κ2) is 5.48. The minimum atomic E-state index is 0.112. The third kappa shape index (κ3) is 2.80. The zero-order valence-corrected chi connectivity index (χ0v) is 12.6. The van der Waals surface area contributed by atoms with Crippen molar-refractivity contribution in [3.63, 3.8) is 0 Å². The standard InChI is InChI=1S/C10H6BrCl3N4/c11-4-1-2-6(8(14)7(4)13)17-9-5(12)3-16-10(15)18-9/h1-3H,(H3,15,16,17,18). The van der Waals surface area contributed by atoms with E-state index >= 15 is 0 Å². The number of aromatic nitrogens is 2. The molecule has 0 amide bonds. The van der Waals surface area contributed by atoms with E-state index in [1.165, 1.54) is 6.20 Å². The number of nitrogen functional groups attached to an aromatic ring is 1. The molecule has 0 unspecified atom stereocenters. The van der Waals surface area contributed by atoms with Gasteiger partial charge in [-0.05, 0) is 28.1 Å². The molecule has 8 heteroatoms. The van der Waals surface area contributed by atoms with Gasteiger partial charge in [0.1, 0.15) is 5.02 Å². The molecule has 0 spiro atoms. The van der Waals surface area contributed by atoms with E-state index in [1.54, 1.807) is 12.1 Å². The Hall–Kier alpha value is -0.750. The van der Waals surface area contributed by atoms with Crippen molar-refractivity contribution in [3.8, 4) is 0 Å². The number of hydrogen-bond donors (Lipinski definition) is 2. The first kappa shape index (κ1) is 13.7. The lowest BCUT2D eigenvalue weighted by molar-refractivity contribution is 1.18. The Labute approximate surface area is 127 Å². The summed E-state index contributed by atoms with van der Waals surface area (Å²) in [6.45, 7) is 0. The predicted molar refractivity (Wildman–Crippen MR) is 78.9 cm³/mol. The van der Waals surface area contributed by atoms with E-state index in [0.29, 0.717) is 31.0 Å². The molecule has 0 radical (unpaired) electrons. The van der Waals surface area contributed by atoms with Crippen LogP contribution in [0.2, 0.25) is 15.1 Å². The lowest BCUT2D eigenvalue weighted by atomic mass is 10.3. The summed E-state index contributed by atoms with van der Waals surface area (Å²) < 4.78 is 0.702. The van der Waals surface area contributed by atoms with E-state index < -0.39 is 0 Å². The van der Waals surface area contributed by atoms with Crippen molar-refractivity contribution in [2.75, 3.05) is 11.1 Å².